The van der Waals surface area contributed by atoms with Crippen molar-refractivity contribution in [3.05, 3.63) is 17.0 Å². The standard InChI is InChI=1S/C16H24N4/c17-10-5-11-20-14-9-4-8-13(18)15(14)16(19-20)12-6-2-1-3-7-12/h12-13H,1-9,11,18H2. The van der Waals surface area contributed by atoms with Gasteiger partial charge in [-0.1, -0.05) is 19.3 Å². The molecule has 3 rings (SSSR count). The van der Waals surface area contributed by atoms with Crippen LogP contribution in [0.25, 0.3) is 0 Å². The van der Waals surface area contributed by atoms with E-state index in [1.807, 2.05) is 0 Å². The molecule has 0 aromatic carbocycles. The van der Waals surface area contributed by atoms with Gasteiger partial charge in [0, 0.05) is 23.2 Å². The first kappa shape index (κ1) is 13.6. The van der Waals surface area contributed by atoms with E-state index < -0.39 is 0 Å². The maximum atomic E-state index is 8.82. The third kappa shape index (κ3) is 2.47. The fourth-order valence-corrected chi connectivity index (χ4v) is 3.85. The molecule has 0 bridgehead atoms. The minimum atomic E-state index is 0.159. The Bertz CT molecular complexity index is 505. The van der Waals surface area contributed by atoms with Gasteiger partial charge in [-0.15, -0.1) is 0 Å². The molecule has 1 saturated carbocycles. The molecule has 0 spiro atoms. The predicted molar refractivity (Wildman–Crippen MR) is 78.1 cm³/mol. The normalized spacial score (nSPS) is 23.3. The summed E-state index contributed by atoms with van der Waals surface area (Å²) in [6.45, 7) is 0.721. The van der Waals surface area contributed by atoms with E-state index in [2.05, 4.69) is 10.8 Å². The van der Waals surface area contributed by atoms with Crippen LogP contribution < -0.4 is 5.73 Å². The maximum Gasteiger partial charge on any atom is 0.0706 e. The Kier molecular flexibility index (Phi) is 4.07. The lowest BCUT2D eigenvalue weighted by atomic mass is 9.81. The third-order valence-corrected chi connectivity index (χ3v) is 4.85. The van der Waals surface area contributed by atoms with Crippen molar-refractivity contribution in [1.29, 1.82) is 5.26 Å². The number of aryl methyl sites for hydroxylation is 1. The number of nitrogens with zero attached hydrogens (tertiary/aromatic N) is 3. The van der Waals surface area contributed by atoms with Crippen molar-refractivity contribution in [2.75, 3.05) is 0 Å². The third-order valence-electron chi connectivity index (χ3n) is 4.85. The van der Waals surface area contributed by atoms with Crippen molar-refractivity contribution >= 4 is 0 Å². The molecule has 4 heteroatoms. The molecule has 0 radical (unpaired) electrons. The molecule has 0 saturated heterocycles. The molecule has 2 aliphatic rings. The van der Waals surface area contributed by atoms with Gasteiger partial charge in [0.05, 0.1) is 24.7 Å². The van der Waals surface area contributed by atoms with Crippen LogP contribution in [0.1, 0.15) is 80.3 Å². The average Bonchev–Trinajstić information content (AvgIpc) is 2.86. The summed E-state index contributed by atoms with van der Waals surface area (Å²) < 4.78 is 2.08. The van der Waals surface area contributed by atoms with E-state index in [9.17, 15) is 0 Å². The highest BCUT2D eigenvalue weighted by Gasteiger charge is 2.30. The highest BCUT2D eigenvalue weighted by Crippen LogP contribution is 2.39. The van der Waals surface area contributed by atoms with E-state index in [4.69, 9.17) is 16.1 Å². The monoisotopic (exact) mass is 272 g/mol. The number of hydrogen-bond donors (Lipinski definition) is 1. The Hall–Kier alpha value is -1.34. The van der Waals surface area contributed by atoms with Crippen molar-refractivity contribution in [2.24, 2.45) is 5.73 Å². The SMILES string of the molecule is N#CCCn1nc(C2CCCCC2)c2c1CCCC2N. The lowest BCUT2D eigenvalue weighted by Gasteiger charge is -2.25. The molecule has 1 fully saturated rings. The van der Waals surface area contributed by atoms with E-state index in [1.54, 1.807) is 0 Å². The van der Waals surface area contributed by atoms with Gasteiger partial charge in [0.2, 0.25) is 0 Å². The molecule has 1 aromatic rings. The van der Waals surface area contributed by atoms with E-state index in [0.29, 0.717) is 12.3 Å². The van der Waals surface area contributed by atoms with Gasteiger partial charge in [-0.05, 0) is 32.1 Å². The van der Waals surface area contributed by atoms with E-state index in [0.717, 1.165) is 25.8 Å². The van der Waals surface area contributed by atoms with Crippen LogP contribution in [0.2, 0.25) is 0 Å². The van der Waals surface area contributed by atoms with Crippen LogP contribution >= 0.6 is 0 Å². The Balaban J connectivity index is 1.95. The molecule has 108 valence electrons. The number of nitrogens with two attached hydrogens (primary N) is 1. The highest BCUT2D eigenvalue weighted by molar-refractivity contribution is 5.34. The average molecular weight is 272 g/mol. The van der Waals surface area contributed by atoms with Gasteiger partial charge in [0.25, 0.3) is 0 Å². The number of nitriles is 1. The zero-order chi connectivity index (χ0) is 13.9. The summed E-state index contributed by atoms with van der Waals surface area (Å²) in [4.78, 5) is 0. The number of fused-ring (bicyclic) bond motifs is 1. The lowest BCUT2D eigenvalue weighted by Crippen LogP contribution is -2.20. The maximum absolute atomic E-state index is 8.82. The van der Waals surface area contributed by atoms with Crippen LogP contribution in [0.4, 0.5) is 0 Å². The molecule has 1 heterocycles. The van der Waals surface area contributed by atoms with Gasteiger partial charge in [-0.25, -0.2) is 0 Å². The minimum Gasteiger partial charge on any atom is -0.324 e. The van der Waals surface area contributed by atoms with Gasteiger partial charge < -0.3 is 5.73 Å². The fraction of sp³-hybridized carbons (Fsp3) is 0.750. The minimum absolute atomic E-state index is 0.159. The molecule has 20 heavy (non-hydrogen) atoms. The van der Waals surface area contributed by atoms with Crippen LogP contribution in [0.5, 0.6) is 0 Å². The zero-order valence-electron chi connectivity index (χ0n) is 12.1. The fourth-order valence-electron chi connectivity index (χ4n) is 3.85. The van der Waals surface area contributed by atoms with E-state index >= 15 is 0 Å². The van der Waals surface area contributed by atoms with Crippen LogP contribution in [0.15, 0.2) is 0 Å². The second-order valence-corrected chi connectivity index (χ2v) is 6.21. The molecule has 0 aliphatic heterocycles. The summed E-state index contributed by atoms with van der Waals surface area (Å²) in [6.07, 6.45) is 10.4. The quantitative estimate of drug-likeness (QED) is 0.918. The highest BCUT2D eigenvalue weighted by atomic mass is 15.3. The Morgan fingerprint density at radius 1 is 1.20 bits per heavy atom. The first-order valence-corrected chi connectivity index (χ1v) is 8.03. The van der Waals surface area contributed by atoms with Gasteiger partial charge >= 0.3 is 0 Å². The zero-order valence-corrected chi connectivity index (χ0v) is 12.1. The number of rotatable bonds is 3. The van der Waals surface area contributed by atoms with Gasteiger partial charge in [0.15, 0.2) is 0 Å². The summed E-state index contributed by atoms with van der Waals surface area (Å²) in [5.41, 5.74) is 10.3. The van der Waals surface area contributed by atoms with Crippen molar-refractivity contribution in [3.63, 3.8) is 0 Å². The molecule has 1 unspecified atom stereocenters. The molecule has 2 aliphatic carbocycles. The summed E-state index contributed by atoms with van der Waals surface area (Å²) in [7, 11) is 0. The molecule has 2 N–H and O–H groups in total. The first-order chi connectivity index (χ1) is 9.81. The molecule has 4 nitrogen and oxygen atoms in total. The molecule has 1 atom stereocenters. The topological polar surface area (TPSA) is 67.6 Å². The summed E-state index contributed by atoms with van der Waals surface area (Å²) >= 11 is 0. The first-order valence-electron chi connectivity index (χ1n) is 8.03. The van der Waals surface area contributed by atoms with Crippen molar-refractivity contribution < 1.29 is 0 Å². The van der Waals surface area contributed by atoms with Crippen LogP contribution in [0.3, 0.4) is 0 Å². The van der Waals surface area contributed by atoms with Gasteiger partial charge in [-0.3, -0.25) is 4.68 Å². The lowest BCUT2D eigenvalue weighted by molar-refractivity contribution is 0.428. The molecule has 1 aromatic heterocycles. The number of hydrogen-bond acceptors (Lipinski definition) is 3. The largest absolute Gasteiger partial charge is 0.324 e. The molecular formula is C16H24N4. The van der Waals surface area contributed by atoms with Crippen molar-refractivity contribution in [2.45, 2.75) is 76.3 Å². The van der Waals surface area contributed by atoms with Crippen LogP contribution in [-0.4, -0.2) is 9.78 Å². The Morgan fingerprint density at radius 2 is 2.00 bits per heavy atom. The summed E-state index contributed by atoms with van der Waals surface area (Å²) in [5.74, 6) is 0.602. The van der Waals surface area contributed by atoms with Gasteiger partial charge in [0.1, 0.15) is 0 Å². The van der Waals surface area contributed by atoms with E-state index in [-0.39, 0.29) is 6.04 Å². The van der Waals surface area contributed by atoms with Gasteiger partial charge in [-0.2, -0.15) is 10.4 Å². The predicted octanol–water partition coefficient (Wildman–Crippen LogP) is 3.18. The van der Waals surface area contributed by atoms with Crippen LogP contribution in [-0.2, 0) is 13.0 Å². The van der Waals surface area contributed by atoms with Crippen molar-refractivity contribution in [1.82, 2.24) is 9.78 Å². The smallest absolute Gasteiger partial charge is 0.0706 e. The molecular weight excluding hydrogens is 248 g/mol. The van der Waals surface area contributed by atoms with E-state index in [1.165, 1.54) is 49.1 Å². The summed E-state index contributed by atoms with van der Waals surface area (Å²) in [5, 5.41) is 13.7. The number of aromatic nitrogens is 2. The molecule has 0 amide bonds. The Labute approximate surface area is 121 Å². The van der Waals surface area contributed by atoms with Crippen LogP contribution in [0, 0.1) is 11.3 Å². The Morgan fingerprint density at radius 3 is 2.75 bits per heavy atom. The summed E-state index contributed by atoms with van der Waals surface area (Å²) in [6, 6.07) is 2.39. The second-order valence-electron chi connectivity index (χ2n) is 6.21. The van der Waals surface area contributed by atoms with Crippen molar-refractivity contribution in [3.8, 4) is 6.07 Å². The second kappa shape index (κ2) is 5.97.